The van der Waals surface area contributed by atoms with E-state index in [1.807, 2.05) is 7.05 Å². The molecule has 0 aliphatic heterocycles. The number of rotatable bonds is 9. The predicted octanol–water partition coefficient (Wildman–Crippen LogP) is 0.680. The summed E-state index contributed by atoms with van der Waals surface area (Å²) in [5, 5.41) is 3.12. The van der Waals surface area contributed by atoms with Crippen molar-refractivity contribution in [3.8, 4) is 0 Å². The molecule has 0 fully saturated rings. The molecule has 0 radical (unpaired) electrons. The minimum atomic E-state index is -1.89. The number of hydrogen-bond acceptors (Lipinski definition) is 4. The van der Waals surface area contributed by atoms with Crippen molar-refractivity contribution in [2.45, 2.75) is 25.4 Å². The molecular formula is C9H24N2O2Si. The second-order valence-electron chi connectivity index (χ2n) is 3.54. The summed E-state index contributed by atoms with van der Waals surface area (Å²) in [6, 6.07) is 1.04. The first-order chi connectivity index (χ1) is 6.68. The Bertz CT molecular complexity index is 126. The van der Waals surface area contributed by atoms with Gasteiger partial charge in [-0.05, 0) is 45.6 Å². The van der Waals surface area contributed by atoms with Gasteiger partial charge in [0.1, 0.15) is 0 Å². The van der Waals surface area contributed by atoms with Crippen molar-refractivity contribution in [3.05, 3.63) is 0 Å². The summed E-state index contributed by atoms with van der Waals surface area (Å²) in [6.45, 7) is 4.54. The predicted molar refractivity (Wildman–Crippen MR) is 61.6 cm³/mol. The summed E-state index contributed by atoms with van der Waals surface area (Å²) < 4.78 is 11.3. The first-order valence-corrected chi connectivity index (χ1v) is 7.74. The van der Waals surface area contributed by atoms with Crippen LogP contribution in [0.15, 0.2) is 0 Å². The summed E-state index contributed by atoms with van der Waals surface area (Å²) in [5.74, 6) is 0. The van der Waals surface area contributed by atoms with Crippen LogP contribution in [-0.2, 0) is 8.85 Å². The Hall–Kier alpha value is 0.0569. The van der Waals surface area contributed by atoms with Crippen LogP contribution in [0.2, 0.25) is 12.6 Å². The second-order valence-corrected chi connectivity index (χ2v) is 7.00. The van der Waals surface area contributed by atoms with Gasteiger partial charge < -0.3 is 19.9 Å². The third kappa shape index (κ3) is 6.50. The van der Waals surface area contributed by atoms with Crippen molar-refractivity contribution in [3.63, 3.8) is 0 Å². The van der Waals surface area contributed by atoms with Gasteiger partial charge in [0.2, 0.25) is 0 Å². The molecule has 0 saturated heterocycles. The topological polar surface area (TPSA) is 56.5 Å². The van der Waals surface area contributed by atoms with Crippen LogP contribution in [-0.4, -0.2) is 42.4 Å². The molecule has 0 bridgehead atoms. The SMILES string of the molecule is CNCCC[Si](C)(OC)OCCCN. The van der Waals surface area contributed by atoms with E-state index in [1.54, 1.807) is 7.11 Å². The number of nitrogens with two attached hydrogens (primary N) is 1. The largest absolute Gasteiger partial charge is 0.398 e. The van der Waals surface area contributed by atoms with Gasteiger partial charge in [0.15, 0.2) is 0 Å². The summed E-state index contributed by atoms with van der Waals surface area (Å²) >= 11 is 0. The van der Waals surface area contributed by atoms with Crippen LogP contribution in [0.4, 0.5) is 0 Å². The Morgan fingerprint density at radius 3 is 2.57 bits per heavy atom. The van der Waals surface area contributed by atoms with E-state index in [0.29, 0.717) is 6.54 Å². The lowest BCUT2D eigenvalue weighted by atomic mass is 10.5. The fourth-order valence-corrected chi connectivity index (χ4v) is 3.05. The Morgan fingerprint density at radius 1 is 1.36 bits per heavy atom. The molecule has 0 spiro atoms. The maximum Gasteiger partial charge on any atom is 0.334 e. The molecule has 86 valence electrons. The molecule has 0 aliphatic carbocycles. The van der Waals surface area contributed by atoms with Crippen LogP contribution in [0, 0.1) is 0 Å². The lowest BCUT2D eigenvalue weighted by Gasteiger charge is -2.24. The zero-order valence-electron chi connectivity index (χ0n) is 9.64. The van der Waals surface area contributed by atoms with Gasteiger partial charge in [0, 0.05) is 13.7 Å². The van der Waals surface area contributed by atoms with Gasteiger partial charge >= 0.3 is 8.56 Å². The van der Waals surface area contributed by atoms with E-state index >= 15 is 0 Å². The van der Waals surface area contributed by atoms with Crippen molar-refractivity contribution >= 4 is 8.56 Å². The molecule has 0 aliphatic rings. The molecule has 14 heavy (non-hydrogen) atoms. The van der Waals surface area contributed by atoms with Gasteiger partial charge in [0.25, 0.3) is 0 Å². The monoisotopic (exact) mass is 220 g/mol. The third-order valence-corrected chi connectivity index (χ3v) is 5.19. The molecule has 0 heterocycles. The van der Waals surface area contributed by atoms with Crippen LogP contribution in [0.3, 0.4) is 0 Å². The van der Waals surface area contributed by atoms with Crippen LogP contribution in [0.25, 0.3) is 0 Å². The van der Waals surface area contributed by atoms with E-state index in [2.05, 4.69) is 11.9 Å². The molecule has 0 aromatic rings. The van der Waals surface area contributed by atoms with Crippen LogP contribution < -0.4 is 11.1 Å². The molecule has 5 heteroatoms. The smallest absolute Gasteiger partial charge is 0.334 e. The molecule has 1 unspecified atom stereocenters. The molecule has 0 amide bonds. The lowest BCUT2D eigenvalue weighted by molar-refractivity contribution is 0.202. The first kappa shape index (κ1) is 14.1. The Kier molecular flexibility index (Phi) is 8.41. The maximum absolute atomic E-state index is 5.77. The minimum absolute atomic E-state index is 0.685. The summed E-state index contributed by atoms with van der Waals surface area (Å²) in [6.07, 6.45) is 2.02. The molecule has 4 nitrogen and oxygen atoms in total. The Labute approximate surface area is 88.4 Å². The normalized spacial score (nSPS) is 15.4. The zero-order valence-corrected chi connectivity index (χ0v) is 10.6. The summed E-state index contributed by atoms with van der Waals surface area (Å²) in [4.78, 5) is 0. The van der Waals surface area contributed by atoms with Gasteiger partial charge in [-0.15, -0.1) is 0 Å². The van der Waals surface area contributed by atoms with Crippen LogP contribution in [0.1, 0.15) is 12.8 Å². The lowest BCUT2D eigenvalue weighted by Crippen LogP contribution is -2.38. The second kappa shape index (κ2) is 8.37. The van der Waals surface area contributed by atoms with Crippen molar-refractivity contribution in [2.24, 2.45) is 5.73 Å². The zero-order chi connectivity index (χ0) is 10.9. The number of nitrogens with one attached hydrogen (secondary N) is 1. The Balaban J connectivity index is 3.67. The highest BCUT2D eigenvalue weighted by Gasteiger charge is 2.28. The van der Waals surface area contributed by atoms with Crippen molar-refractivity contribution in [1.29, 1.82) is 0 Å². The van der Waals surface area contributed by atoms with E-state index in [4.69, 9.17) is 14.6 Å². The van der Waals surface area contributed by atoms with E-state index in [0.717, 1.165) is 32.0 Å². The van der Waals surface area contributed by atoms with Gasteiger partial charge in [-0.2, -0.15) is 0 Å². The maximum atomic E-state index is 5.77. The van der Waals surface area contributed by atoms with Crippen molar-refractivity contribution in [2.75, 3.05) is 33.9 Å². The van der Waals surface area contributed by atoms with Gasteiger partial charge in [-0.3, -0.25) is 0 Å². The number of hydrogen-bond donors (Lipinski definition) is 2. The molecule has 3 N–H and O–H groups in total. The average molecular weight is 220 g/mol. The van der Waals surface area contributed by atoms with Crippen LogP contribution in [0.5, 0.6) is 0 Å². The molecule has 0 aromatic heterocycles. The van der Waals surface area contributed by atoms with E-state index in [1.165, 1.54) is 0 Å². The van der Waals surface area contributed by atoms with E-state index in [9.17, 15) is 0 Å². The van der Waals surface area contributed by atoms with Gasteiger partial charge in [-0.25, -0.2) is 0 Å². The fourth-order valence-electron chi connectivity index (χ4n) is 1.19. The Morgan fingerprint density at radius 2 is 2.07 bits per heavy atom. The summed E-state index contributed by atoms with van der Waals surface area (Å²) in [7, 11) is 1.81. The molecule has 1 atom stereocenters. The molecule has 0 rings (SSSR count). The highest BCUT2D eigenvalue weighted by Crippen LogP contribution is 2.14. The minimum Gasteiger partial charge on any atom is -0.398 e. The first-order valence-electron chi connectivity index (χ1n) is 5.22. The average Bonchev–Trinajstić information content (AvgIpc) is 2.19. The highest BCUT2D eigenvalue weighted by molar-refractivity contribution is 6.65. The third-order valence-electron chi connectivity index (χ3n) is 2.25. The molecule has 0 aromatic carbocycles. The van der Waals surface area contributed by atoms with E-state index in [-0.39, 0.29) is 0 Å². The van der Waals surface area contributed by atoms with E-state index < -0.39 is 8.56 Å². The van der Waals surface area contributed by atoms with Gasteiger partial charge in [0.05, 0.1) is 0 Å². The quantitative estimate of drug-likeness (QED) is 0.443. The summed E-state index contributed by atoms with van der Waals surface area (Å²) in [5.41, 5.74) is 5.41. The molecule has 0 saturated carbocycles. The van der Waals surface area contributed by atoms with Crippen LogP contribution >= 0.6 is 0 Å². The molecular weight excluding hydrogens is 196 g/mol. The van der Waals surface area contributed by atoms with Crippen molar-refractivity contribution in [1.82, 2.24) is 5.32 Å². The highest BCUT2D eigenvalue weighted by atomic mass is 28.4. The van der Waals surface area contributed by atoms with Crippen molar-refractivity contribution < 1.29 is 8.85 Å². The van der Waals surface area contributed by atoms with Gasteiger partial charge in [-0.1, -0.05) is 0 Å². The fraction of sp³-hybridized carbons (Fsp3) is 1.00. The standard InChI is InChI=1S/C9H24N2O2Si/c1-11-7-5-9-14(3,12-2)13-8-4-6-10/h11H,4-10H2,1-3H3.